The molecule has 7 heteroatoms. The van der Waals surface area contributed by atoms with E-state index in [-0.39, 0.29) is 11.4 Å². The first-order valence-electron chi connectivity index (χ1n) is 7.40. The van der Waals surface area contributed by atoms with Gasteiger partial charge in [-0.2, -0.15) is 0 Å². The van der Waals surface area contributed by atoms with E-state index in [4.69, 9.17) is 16.3 Å². The van der Waals surface area contributed by atoms with E-state index in [1.165, 1.54) is 0 Å². The molecule has 1 unspecified atom stereocenters. The van der Waals surface area contributed by atoms with E-state index in [0.29, 0.717) is 25.7 Å². The molecule has 1 fully saturated rings. The van der Waals surface area contributed by atoms with Gasteiger partial charge in [-0.25, -0.2) is 14.8 Å². The van der Waals surface area contributed by atoms with E-state index >= 15 is 0 Å². The maximum absolute atomic E-state index is 12.1. The lowest BCUT2D eigenvalue weighted by molar-refractivity contribution is 0.0282. The third kappa shape index (κ3) is 4.81. The summed E-state index contributed by atoms with van der Waals surface area (Å²) in [6, 6.07) is 2.14. The van der Waals surface area contributed by atoms with E-state index in [9.17, 15) is 4.79 Å². The molecule has 0 radical (unpaired) electrons. The van der Waals surface area contributed by atoms with E-state index in [2.05, 4.69) is 14.9 Å². The molecule has 0 bridgehead atoms. The van der Waals surface area contributed by atoms with Crippen molar-refractivity contribution in [2.24, 2.45) is 0 Å². The molecule has 1 atom stereocenters. The average Bonchev–Trinajstić information content (AvgIpc) is 2.86. The topological polar surface area (TPSA) is 58.6 Å². The normalized spacial score (nSPS) is 18.8. The van der Waals surface area contributed by atoms with E-state index in [1.54, 1.807) is 11.1 Å². The van der Waals surface area contributed by atoms with E-state index < -0.39 is 5.60 Å². The SMILES string of the molecule is CN(Cc1ccnc(Cl)n1)C1CCN(C(=O)OC(C)(C)C)C1. The molecule has 0 spiro atoms. The quantitative estimate of drug-likeness (QED) is 0.799. The molecule has 6 nitrogen and oxygen atoms in total. The Morgan fingerprint density at radius 2 is 2.27 bits per heavy atom. The van der Waals surface area contributed by atoms with Crippen LogP contribution < -0.4 is 0 Å². The van der Waals surface area contributed by atoms with Crippen molar-refractivity contribution in [1.82, 2.24) is 19.8 Å². The highest BCUT2D eigenvalue weighted by atomic mass is 35.5. The van der Waals surface area contributed by atoms with Crippen LogP contribution in [0.4, 0.5) is 4.79 Å². The van der Waals surface area contributed by atoms with Gasteiger partial charge in [-0.1, -0.05) is 0 Å². The van der Waals surface area contributed by atoms with Gasteiger partial charge in [0, 0.05) is 31.9 Å². The Bertz CT molecular complexity index is 533. The minimum Gasteiger partial charge on any atom is -0.444 e. The van der Waals surface area contributed by atoms with Crippen molar-refractivity contribution in [2.45, 2.75) is 45.4 Å². The Morgan fingerprint density at radius 3 is 2.91 bits per heavy atom. The highest BCUT2D eigenvalue weighted by Gasteiger charge is 2.31. The van der Waals surface area contributed by atoms with Gasteiger partial charge in [-0.3, -0.25) is 4.90 Å². The van der Waals surface area contributed by atoms with Crippen molar-refractivity contribution in [3.05, 3.63) is 23.2 Å². The molecule has 1 saturated heterocycles. The second-order valence-corrected chi connectivity index (χ2v) is 6.94. The van der Waals surface area contributed by atoms with Crippen LogP contribution in [-0.2, 0) is 11.3 Å². The number of rotatable bonds is 3. The van der Waals surface area contributed by atoms with Crippen molar-refractivity contribution >= 4 is 17.7 Å². The number of halogens is 1. The van der Waals surface area contributed by atoms with Crippen LogP contribution in [0.1, 0.15) is 32.9 Å². The van der Waals surface area contributed by atoms with Crippen LogP contribution in [0.2, 0.25) is 5.28 Å². The predicted octanol–water partition coefficient (Wildman–Crippen LogP) is 2.57. The van der Waals surface area contributed by atoms with Crippen LogP contribution >= 0.6 is 11.6 Å². The number of likely N-dealkylation sites (tertiary alicyclic amines) is 1. The molecule has 122 valence electrons. The molecule has 0 N–H and O–H groups in total. The number of ether oxygens (including phenoxy) is 1. The van der Waals surface area contributed by atoms with Gasteiger partial charge in [0.2, 0.25) is 5.28 Å². The third-order valence-electron chi connectivity index (χ3n) is 3.53. The van der Waals surface area contributed by atoms with Crippen molar-refractivity contribution in [3.8, 4) is 0 Å². The second kappa shape index (κ2) is 6.79. The van der Waals surface area contributed by atoms with Crippen LogP contribution in [0.3, 0.4) is 0 Å². The number of amides is 1. The lowest BCUT2D eigenvalue weighted by atomic mass is 10.2. The summed E-state index contributed by atoms with van der Waals surface area (Å²) in [4.78, 5) is 24.1. The standard InChI is InChI=1S/C15H23ClN4O2/c1-15(2,3)22-14(21)20-8-6-12(10-20)19(4)9-11-5-7-17-13(16)18-11/h5,7,12H,6,8-10H2,1-4H3. The summed E-state index contributed by atoms with van der Waals surface area (Å²) < 4.78 is 5.41. The monoisotopic (exact) mass is 326 g/mol. The molecule has 1 amide bonds. The van der Waals surface area contributed by atoms with Crippen molar-refractivity contribution in [1.29, 1.82) is 0 Å². The van der Waals surface area contributed by atoms with Crippen LogP contribution in [0.15, 0.2) is 12.3 Å². The van der Waals surface area contributed by atoms with Crippen LogP contribution in [0.25, 0.3) is 0 Å². The van der Waals surface area contributed by atoms with Gasteiger partial charge >= 0.3 is 6.09 Å². The summed E-state index contributed by atoms with van der Waals surface area (Å²) in [5.41, 5.74) is 0.414. The summed E-state index contributed by atoms with van der Waals surface area (Å²) in [6.45, 7) is 7.70. The molecule has 2 rings (SSSR count). The first kappa shape index (κ1) is 17.0. The summed E-state index contributed by atoms with van der Waals surface area (Å²) in [7, 11) is 2.03. The summed E-state index contributed by atoms with van der Waals surface area (Å²) >= 11 is 5.80. The Morgan fingerprint density at radius 1 is 1.55 bits per heavy atom. The Hall–Kier alpha value is -1.40. The molecule has 0 aromatic carbocycles. The first-order valence-corrected chi connectivity index (χ1v) is 7.78. The minimum atomic E-state index is -0.460. The van der Waals surface area contributed by atoms with Crippen molar-refractivity contribution in [3.63, 3.8) is 0 Å². The zero-order chi connectivity index (χ0) is 16.3. The van der Waals surface area contributed by atoms with Crippen molar-refractivity contribution in [2.75, 3.05) is 20.1 Å². The van der Waals surface area contributed by atoms with Gasteiger partial charge in [0.25, 0.3) is 0 Å². The summed E-state index contributed by atoms with van der Waals surface area (Å²) in [5.74, 6) is 0. The highest BCUT2D eigenvalue weighted by molar-refractivity contribution is 6.28. The number of carbonyl (C=O) groups excluding carboxylic acids is 1. The lowest BCUT2D eigenvalue weighted by Gasteiger charge is -2.26. The molecular formula is C15H23ClN4O2. The van der Waals surface area contributed by atoms with Gasteiger partial charge in [0.1, 0.15) is 5.60 Å². The molecule has 1 aromatic heterocycles. The Balaban J connectivity index is 1.88. The van der Waals surface area contributed by atoms with Gasteiger partial charge in [-0.15, -0.1) is 0 Å². The number of carbonyl (C=O) groups is 1. The predicted molar refractivity (Wildman–Crippen MR) is 84.7 cm³/mol. The highest BCUT2D eigenvalue weighted by Crippen LogP contribution is 2.19. The number of aromatic nitrogens is 2. The average molecular weight is 327 g/mol. The lowest BCUT2D eigenvalue weighted by Crippen LogP contribution is -2.38. The maximum Gasteiger partial charge on any atom is 0.410 e. The van der Waals surface area contributed by atoms with Gasteiger partial charge in [-0.05, 0) is 51.9 Å². The van der Waals surface area contributed by atoms with Gasteiger partial charge in [0.05, 0.1) is 5.69 Å². The fourth-order valence-electron chi connectivity index (χ4n) is 2.44. The number of hydrogen-bond acceptors (Lipinski definition) is 5. The van der Waals surface area contributed by atoms with Gasteiger partial charge in [0.15, 0.2) is 0 Å². The second-order valence-electron chi connectivity index (χ2n) is 6.60. The van der Waals surface area contributed by atoms with Crippen LogP contribution in [0, 0.1) is 0 Å². The zero-order valence-electron chi connectivity index (χ0n) is 13.5. The number of nitrogens with zero attached hydrogens (tertiary/aromatic N) is 4. The Kier molecular flexibility index (Phi) is 5.24. The minimum absolute atomic E-state index is 0.242. The maximum atomic E-state index is 12.1. The largest absolute Gasteiger partial charge is 0.444 e. The first-order chi connectivity index (χ1) is 10.2. The fraction of sp³-hybridized carbons (Fsp3) is 0.667. The number of hydrogen-bond donors (Lipinski definition) is 0. The van der Waals surface area contributed by atoms with Crippen LogP contribution in [-0.4, -0.2) is 57.6 Å². The molecule has 0 saturated carbocycles. The molecule has 1 aliphatic heterocycles. The third-order valence-corrected chi connectivity index (χ3v) is 3.72. The summed E-state index contributed by atoms with van der Waals surface area (Å²) in [6.07, 6.45) is 2.34. The molecule has 0 aliphatic carbocycles. The number of likely N-dealkylation sites (N-methyl/N-ethyl adjacent to an activating group) is 1. The smallest absolute Gasteiger partial charge is 0.410 e. The Labute approximate surface area is 136 Å². The van der Waals surface area contributed by atoms with E-state index in [1.807, 2.05) is 33.9 Å². The molecule has 1 aliphatic rings. The fourth-order valence-corrected chi connectivity index (χ4v) is 2.60. The van der Waals surface area contributed by atoms with E-state index in [0.717, 1.165) is 12.1 Å². The molecule has 1 aromatic rings. The summed E-state index contributed by atoms with van der Waals surface area (Å²) in [5, 5.41) is 0.257. The van der Waals surface area contributed by atoms with Crippen LogP contribution in [0.5, 0.6) is 0 Å². The molecule has 2 heterocycles. The zero-order valence-corrected chi connectivity index (χ0v) is 14.3. The van der Waals surface area contributed by atoms with Gasteiger partial charge < -0.3 is 9.64 Å². The molecule has 22 heavy (non-hydrogen) atoms. The van der Waals surface area contributed by atoms with Crippen molar-refractivity contribution < 1.29 is 9.53 Å². The molecular weight excluding hydrogens is 304 g/mol.